The van der Waals surface area contributed by atoms with Gasteiger partial charge in [0, 0.05) is 18.8 Å². The van der Waals surface area contributed by atoms with E-state index in [0.29, 0.717) is 0 Å². The van der Waals surface area contributed by atoms with Gasteiger partial charge in [-0.25, -0.2) is 0 Å². The molecule has 0 fully saturated rings. The molecule has 1 heterocycles. The van der Waals surface area contributed by atoms with Crippen LogP contribution in [-0.2, 0) is 22.1 Å². The van der Waals surface area contributed by atoms with Crippen LogP contribution >= 0.6 is 11.6 Å². The molecular weight excluding hydrogens is 250 g/mol. The first-order valence-corrected chi connectivity index (χ1v) is 4.92. The van der Waals surface area contributed by atoms with Gasteiger partial charge in [0.15, 0.2) is 5.41 Å². The van der Waals surface area contributed by atoms with Gasteiger partial charge in [-0.15, -0.1) is 0 Å². The lowest BCUT2D eigenvalue weighted by Gasteiger charge is -2.20. The van der Waals surface area contributed by atoms with Gasteiger partial charge in [0.2, 0.25) is 0 Å². The molecule has 0 aliphatic rings. The van der Waals surface area contributed by atoms with Gasteiger partial charge in [-0.05, 0) is 13.0 Å². The topological polar surface area (TPSA) is 96.6 Å². The second-order valence-corrected chi connectivity index (χ2v) is 4.16. The number of rotatable bonds is 3. The first-order valence-electron chi connectivity index (χ1n) is 4.54. The third kappa shape index (κ3) is 2.03. The lowest BCUT2D eigenvalue weighted by atomic mass is 9.83. The van der Waals surface area contributed by atoms with Crippen LogP contribution in [0.15, 0.2) is 17.1 Å². The van der Waals surface area contributed by atoms with Crippen molar-refractivity contribution in [1.29, 1.82) is 0 Å². The predicted molar refractivity (Wildman–Crippen MR) is 59.3 cm³/mol. The predicted octanol–water partition coefficient (Wildman–Crippen LogP) is 0.466. The van der Waals surface area contributed by atoms with Gasteiger partial charge < -0.3 is 14.8 Å². The Morgan fingerprint density at radius 3 is 2.24 bits per heavy atom. The largest absolute Gasteiger partial charge is 0.480 e. The van der Waals surface area contributed by atoms with Crippen LogP contribution in [0.3, 0.4) is 0 Å². The summed E-state index contributed by atoms with van der Waals surface area (Å²) in [6, 6.07) is 1.06. The van der Waals surface area contributed by atoms with Crippen molar-refractivity contribution in [2.24, 2.45) is 7.05 Å². The summed E-state index contributed by atoms with van der Waals surface area (Å²) < 4.78 is 1.04. The number of carboxylic acid groups (broad SMARTS) is 2. The average Bonchev–Trinajstić information content (AvgIpc) is 2.21. The van der Waals surface area contributed by atoms with Crippen molar-refractivity contribution < 1.29 is 19.8 Å². The van der Waals surface area contributed by atoms with Crippen LogP contribution in [0.4, 0.5) is 0 Å². The van der Waals surface area contributed by atoms with Crippen molar-refractivity contribution >= 4 is 23.5 Å². The number of aromatic nitrogens is 1. The molecule has 6 nitrogen and oxygen atoms in total. The summed E-state index contributed by atoms with van der Waals surface area (Å²) in [5.74, 6) is -3.24. The normalized spacial score (nSPS) is 11.2. The lowest BCUT2D eigenvalue weighted by molar-refractivity contribution is -0.156. The average molecular weight is 260 g/mol. The molecule has 1 aromatic rings. The number of carbonyl (C=O) groups is 2. The Balaban J connectivity index is 3.67. The van der Waals surface area contributed by atoms with Gasteiger partial charge in [0.25, 0.3) is 5.56 Å². The molecule has 17 heavy (non-hydrogen) atoms. The van der Waals surface area contributed by atoms with Gasteiger partial charge >= 0.3 is 11.9 Å². The molecule has 0 aromatic carbocycles. The molecule has 0 spiro atoms. The molecule has 0 aliphatic heterocycles. The number of hydrogen-bond donors (Lipinski definition) is 2. The molecule has 0 saturated heterocycles. The molecule has 92 valence electrons. The molecule has 0 atom stereocenters. The molecule has 7 heteroatoms. The highest BCUT2D eigenvalue weighted by molar-refractivity contribution is 6.30. The fourth-order valence-electron chi connectivity index (χ4n) is 1.35. The fourth-order valence-corrected chi connectivity index (χ4v) is 1.61. The van der Waals surface area contributed by atoms with Crippen molar-refractivity contribution in [2.45, 2.75) is 12.3 Å². The molecule has 0 saturated carbocycles. The Morgan fingerprint density at radius 1 is 1.35 bits per heavy atom. The molecular formula is C10H10ClNO5. The molecule has 1 rings (SSSR count). The van der Waals surface area contributed by atoms with Crippen molar-refractivity contribution in [2.75, 3.05) is 0 Å². The van der Waals surface area contributed by atoms with Crippen molar-refractivity contribution in [3.63, 3.8) is 0 Å². The van der Waals surface area contributed by atoms with Gasteiger partial charge in [0.05, 0.1) is 5.02 Å². The molecule has 2 N–H and O–H groups in total. The van der Waals surface area contributed by atoms with Gasteiger partial charge in [-0.3, -0.25) is 14.4 Å². The van der Waals surface area contributed by atoms with Gasteiger partial charge in [-0.1, -0.05) is 11.6 Å². The summed E-state index contributed by atoms with van der Waals surface area (Å²) in [6.45, 7) is 0.949. The third-order valence-electron chi connectivity index (χ3n) is 2.54. The van der Waals surface area contributed by atoms with Crippen LogP contribution in [0.2, 0.25) is 5.02 Å². The number of nitrogens with zero attached hydrogens (tertiary/aromatic N) is 1. The van der Waals surface area contributed by atoms with E-state index in [2.05, 4.69) is 0 Å². The summed E-state index contributed by atoms with van der Waals surface area (Å²) in [6.07, 6.45) is 1.28. The SMILES string of the molecule is Cn1cc(Cl)cc(C(C)(C(=O)O)C(=O)O)c1=O. The van der Waals surface area contributed by atoms with Crippen LogP contribution < -0.4 is 5.56 Å². The van der Waals surface area contributed by atoms with E-state index < -0.39 is 22.9 Å². The smallest absolute Gasteiger partial charge is 0.325 e. The summed E-state index contributed by atoms with van der Waals surface area (Å²) >= 11 is 5.69. The van der Waals surface area contributed by atoms with Gasteiger partial charge in [0.1, 0.15) is 0 Å². The van der Waals surface area contributed by atoms with E-state index in [0.717, 1.165) is 17.6 Å². The number of carboxylic acids is 2. The zero-order valence-corrected chi connectivity index (χ0v) is 9.85. The second kappa shape index (κ2) is 4.21. The first kappa shape index (κ1) is 13.2. The Morgan fingerprint density at radius 2 is 1.82 bits per heavy atom. The number of halogens is 1. The minimum absolute atomic E-state index is 0.0934. The van der Waals surface area contributed by atoms with Crippen LogP contribution in [0.5, 0.6) is 0 Å². The zero-order chi connectivity index (χ0) is 13.4. The Kier molecular flexibility index (Phi) is 3.28. The van der Waals surface area contributed by atoms with Crippen LogP contribution in [-0.4, -0.2) is 26.7 Å². The van der Waals surface area contributed by atoms with E-state index in [1.54, 1.807) is 0 Å². The van der Waals surface area contributed by atoms with E-state index in [-0.39, 0.29) is 10.6 Å². The molecule has 0 aliphatic carbocycles. The highest BCUT2D eigenvalue weighted by Gasteiger charge is 2.45. The Hall–Kier alpha value is -1.82. The Bertz CT molecular complexity index is 534. The Labute approximate surface area is 101 Å². The van der Waals surface area contributed by atoms with Crippen LogP contribution in [0.25, 0.3) is 0 Å². The van der Waals surface area contributed by atoms with Crippen LogP contribution in [0, 0.1) is 0 Å². The van der Waals surface area contributed by atoms with Crippen molar-refractivity contribution in [1.82, 2.24) is 4.57 Å². The summed E-state index contributed by atoms with van der Waals surface area (Å²) in [7, 11) is 1.36. The maximum Gasteiger partial charge on any atom is 0.325 e. The number of aryl methyl sites for hydroxylation is 1. The van der Waals surface area contributed by atoms with E-state index in [9.17, 15) is 14.4 Å². The monoisotopic (exact) mass is 259 g/mol. The number of aliphatic carboxylic acids is 2. The quantitative estimate of drug-likeness (QED) is 0.769. The maximum atomic E-state index is 11.8. The minimum atomic E-state index is -2.32. The summed E-state index contributed by atoms with van der Waals surface area (Å²) in [4.78, 5) is 33.9. The molecule has 1 aromatic heterocycles. The third-order valence-corrected chi connectivity index (χ3v) is 2.75. The van der Waals surface area contributed by atoms with Crippen molar-refractivity contribution in [3.05, 3.63) is 33.2 Å². The summed E-state index contributed by atoms with van der Waals surface area (Å²) in [5, 5.41) is 18.1. The van der Waals surface area contributed by atoms with E-state index in [1.807, 2.05) is 0 Å². The van der Waals surface area contributed by atoms with Crippen molar-refractivity contribution in [3.8, 4) is 0 Å². The highest BCUT2D eigenvalue weighted by Crippen LogP contribution is 2.23. The highest BCUT2D eigenvalue weighted by atomic mass is 35.5. The standard InChI is InChI=1S/C10H10ClNO5/c1-10(8(14)15,9(16)17)6-3-5(11)4-12(2)7(6)13/h3-4H,1-2H3,(H,14,15)(H,16,17). The van der Waals surface area contributed by atoms with E-state index >= 15 is 0 Å². The fraction of sp³-hybridized carbons (Fsp3) is 0.300. The molecule has 0 radical (unpaired) electrons. The molecule has 0 bridgehead atoms. The number of hydrogen-bond acceptors (Lipinski definition) is 3. The first-order chi connectivity index (χ1) is 7.71. The van der Waals surface area contributed by atoms with E-state index in [1.165, 1.54) is 13.2 Å². The second-order valence-electron chi connectivity index (χ2n) is 3.72. The van der Waals surface area contributed by atoms with Crippen LogP contribution in [0.1, 0.15) is 12.5 Å². The maximum absolute atomic E-state index is 11.8. The molecule has 0 unspecified atom stereocenters. The molecule has 0 amide bonds. The van der Waals surface area contributed by atoms with E-state index in [4.69, 9.17) is 21.8 Å². The minimum Gasteiger partial charge on any atom is -0.480 e. The van der Waals surface area contributed by atoms with Gasteiger partial charge in [-0.2, -0.15) is 0 Å². The summed E-state index contributed by atoms with van der Waals surface area (Å²) in [5.41, 5.74) is -3.41. The number of pyridine rings is 1. The zero-order valence-electron chi connectivity index (χ0n) is 9.10. The lowest BCUT2D eigenvalue weighted by Crippen LogP contribution is -2.45.